The SMILES string of the molecule is CN1CCN(c2nc3c(-c4ccc(F)cc4F)cc(C(=O)O)c(=O)n3cc2F)CC1. The van der Waals surface area contributed by atoms with Crippen molar-refractivity contribution >= 4 is 17.4 Å². The number of hydrogen-bond donors (Lipinski definition) is 1. The second kappa shape index (κ2) is 7.45. The molecule has 1 aliphatic rings. The summed E-state index contributed by atoms with van der Waals surface area (Å²) in [7, 11) is 1.93. The Morgan fingerprint density at radius 3 is 2.37 bits per heavy atom. The van der Waals surface area contributed by atoms with Crippen LogP contribution in [0.15, 0.2) is 35.3 Å². The number of aromatic nitrogens is 2. The van der Waals surface area contributed by atoms with E-state index in [-0.39, 0.29) is 22.6 Å². The summed E-state index contributed by atoms with van der Waals surface area (Å²) in [6.45, 7) is 2.34. The first-order valence-electron chi connectivity index (χ1n) is 9.14. The molecule has 3 heterocycles. The molecule has 1 fully saturated rings. The quantitative estimate of drug-likeness (QED) is 0.703. The van der Waals surface area contributed by atoms with Crippen LogP contribution in [-0.2, 0) is 0 Å². The molecule has 1 aromatic carbocycles. The summed E-state index contributed by atoms with van der Waals surface area (Å²) in [5, 5.41) is 9.37. The van der Waals surface area contributed by atoms with Crippen LogP contribution in [0, 0.1) is 17.5 Å². The first kappa shape index (κ1) is 19.9. The van der Waals surface area contributed by atoms with Gasteiger partial charge in [0.2, 0.25) is 0 Å². The molecule has 4 rings (SSSR count). The number of aromatic carboxylic acids is 1. The first-order chi connectivity index (χ1) is 14.3. The normalized spacial score (nSPS) is 15.0. The summed E-state index contributed by atoms with van der Waals surface area (Å²) >= 11 is 0. The lowest BCUT2D eigenvalue weighted by Crippen LogP contribution is -2.45. The summed E-state index contributed by atoms with van der Waals surface area (Å²) < 4.78 is 43.4. The highest BCUT2D eigenvalue weighted by atomic mass is 19.1. The fraction of sp³-hybridized carbons (Fsp3) is 0.250. The maximum atomic E-state index is 14.8. The number of piperazine rings is 1. The van der Waals surface area contributed by atoms with Gasteiger partial charge in [-0.1, -0.05) is 0 Å². The number of carboxylic acid groups (broad SMARTS) is 1. The Kier molecular flexibility index (Phi) is 4.94. The number of hydrogen-bond acceptors (Lipinski definition) is 5. The number of nitrogens with zero attached hydrogens (tertiary/aromatic N) is 4. The van der Waals surface area contributed by atoms with E-state index < -0.39 is 34.5 Å². The minimum atomic E-state index is -1.55. The third kappa shape index (κ3) is 3.39. The molecule has 0 unspecified atom stereocenters. The Labute approximate surface area is 168 Å². The highest BCUT2D eigenvalue weighted by Crippen LogP contribution is 2.29. The van der Waals surface area contributed by atoms with Gasteiger partial charge in [-0.25, -0.2) is 22.9 Å². The minimum Gasteiger partial charge on any atom is -0.477 e. The monoisotopic (exact) mass is 418 g/mol. The van der Waals surface area contributed by atoms with Gasteiger partial charge in [0.25, 0.3) is 5.56 Å². The van der Waals surface area contributed by atoms with Crippen LogP contribution >= 0.6 is 0 Å². The lowest BCUT2D eigenvalue weighted by atomic mass is 10.0. The molecule has 10 heteroatoms. The van der Waals surface area contributed by atoms with Crippen molar-refractivity contribution < 1.29 is 23.1 Å². The summed E-state index contributed by atoms with van der Waals surface area (Å²) in [5.41, 5.74) is -2.01. The van der Waals surface area contributed by atoms with Gasteiger partial charge in [0.05, 0.1) is 6.20 Å². The third-order valence-corrected chi connectivity index (χ3v) is 5.13. The molecule has 1 saturated heterocycles. The van der Waals surface area contributed by atoms with Crippen molar-refractivity contribution in [2.75, 3.05) is 38.1 Å². The van der Waals surface area contributed by atoms with Gasteiger partial charge in [-0.15, -0.1) is 0 Å². The van der Waals surface area contributed by atoms with Crippen molar-refractivity contribution in [2.45, 2.75) is 0 Å². The molecule has 3 aromatic rings. The predicted molar refractivity (Wildman–Crippen MR) is 103 cm³/mol. The lowest BCUT2D eigenvalue weighted by Gasteiger charge is -2.33. The van der Waals surface area contributed by atoms with Crippen molar-refractivity contribution in [3.05, 3.63) is 63.8 Å². The van der Waals surface area contributed by atoms with Crippen LogP contribution in [0.5, 0.6) is 0 Å². The maximum absolute atomic E-state index is 14.8. The van der Waals surface area contributed by atoms with Gasteiger partial charge in [-0.3, -0.25) is 9.20 Å². The van der Waals surface area contributed by atoms with Gasteiger partial charge < -0.3 is 14.9 Å². The van der Waals surface area contributed by atoms with E-state index in [0.717, 1.165) is 28.8 Å². The zero-order chi connectivity index (χ0) is 21.6. The molecule has 30 heavy (non-hydrogen) atoms. The number of carbonyl (C=O) groups is 1. The van der Waals surface area contributed by atoms with E-state index >= 15 is 0 Å². The molecule has 0 atom stereocenters. The number of likely N-dealkylation sites (N-methyl/N-ethyl adjacent to an activating group) is 1. The summed E-state index contributed by atoms with van der Waals surface area (Å²) in [6.07, 6.45) is 0.857. The summed E-state index contributed by atoms with van der Waals surface area (Å²) in [4.78, 5) is 32.1. The van der Waals surface area contributed by atoms with E-state index in [2.05, 4.69) is 9.88 Å². The number of anilines is 1. The van der Waals surface area contributed by atoms with Gasteiger partial charge >= 0.3 is 5.97 Å². The van der Waals surface area contributed by atoms with E-state index in [1.165, 1.54) is 0 Å². The first-order valence-corrected chi connectivity index (χ1v) is 9.14. The average Bonchev–Trinajstić information content (AvgIpc) is 2.69. The molecule has 156 valence electrons. The van der Waals surface area contributed by atoms with Gasteiger partial charge in [0.15, 0.2) is 11.6 Å². The predicted octanol–water partition coefficient (Wildman–Crippen LogP) is 2.23. The van der Waals surface area contributed by atoms with Crippen molar-refractivity contribution in [1.29, 1.82) is 0 Å². The molecule has 7 nitrogen and oxygen atoms in total. The highest BCUT2D eigenvalue weighted by Gasteiger charge is 2.24. The second-order valence-electron chi connectivity index (χ2n) is 7.10. The Morgan fingerprint density at radius 2 is 1.73 bits per heavy atom. The molecular formula is C20H17F3N4O3. The van der Waals surface area contributed by atoms with E-state index in [4.69, 9.17) is 0 Å². The van der Waals surface area contributed by atoms with Crippen molar-refractivity contribution in [1.82, 2.24) is 14.3 Å². The number of rotatable bonds is 3. The molecule has 0 amide bonds. The lowest BCUT2D eigenvalue weighted by molar-refractivity contribution is 0.0694. The van der Waals surface area contributed by atoms with Crippen LogP contribution in [0.2, 0.25) is 0 Å². The number of benzene rings is 1. The minimum absolute atomic E-state index is 0.0191. The Morgan fingerprint density at radius 1 is 1.03 bits per heavy atom. The Hall–Kier alpha value is -3.40. The third-order valence-electron chi connectivity index (χ3n) is 5.13. The van der Waals surface area contributed by atoms with E-state index in [9.17, 15) is 27.9 Å². The Bertz CT molecular complexity index is 1220. The molecule has 1 N–H and O–H groups in total. The van der Waals surface area contributed by atoms with Crippen LogP contribution < -0.4 is 10.5 Å². The number of fused-ring (bicyclic) bond motifs is 1. The van der Waals surface area contributed by atoms with Crippen LogP contribution in [0.3, 0.4) is 0 Å². The van der Waals surface area contributed by atoms with Gasteiger partial charge in [0, 0.05) is 43.4 Å². The van der Waals surface area contributed by atoms with Gasteiger partial charge in [-0.2, -0.15) is 0 Å². The fourth-order valence-corrected chi connectivity index (χ4v) is 3.48. The van der Waals surface area contributed by atoms with E-state index in [1.807, 2.05) is 7.05 Å². The molecule has 2 aromatic heterocycles. The van der Waals surface area contributed by atoms with E-state index in [0.29, 0.717) is 32.2 Å². The van der Waals surface area contributed by atoms with Crippen LogP contribution in [-0.4, -0.2) is 58.6 Å². The summed E-state index contributed by atoms with van der Waals surface area (Å²) in [6, 6.07) is 3.75. The van der Waals surface area contributed by atoms with E-state index in [1.54, 1.807) is 4.90 Å². The smallest absolute Gasteiger partial charge is 0.341 e. The molecule has 1 aliphatic heterocycles. The molecule has 0 bridgehead atoms. The van der Waals surface area contributed by atoms with Gasteiger partial charge in [-0.05, 0) is 25.2 Å². The highest BCUT2D eigenvalue weighted by molar-refractivity contribution is 5.91. The molecule has 0 saturated carbocycles. The molecule has 0 aliphatic carbocycles. The maximum Gasteiger partial charge on any atom is 0.341 e. The molecular weight excluding hydrogens is 401 g/mol. The molecule has 0 spiro atoms. The zero-order valence-electron chi connectivity index (χ0n) is 15.9. The van der Waals surface area contributed by atoms with Crippen molar-refractivity contribution in [2.24, 2.45) is 0 Å². The number of carboxylic acids is 1. The van der Waals surface area contributed by atoms with Crippen molar-refractivity contribution in [3.63, 3.8) is 0 Å². The Balaban J connectivity index is 2.01. The average molecular weight is 418 g/mol. The summed E-state index contributed by atoms with van der Waals surface area (Å²) in [5.74, 6) is -4.15. The fourth-order valence-electron chi connectivity index (χ4n) is 3.48. The zero-order valence-corrected chi connectivity index (χ0v) is 15.9. The van der Waals surface area contributed by atoms with Crippen LogP contribution in [0.4, 0.5) is 19.0 Å². The topological polar surface area (TPSA) is 78.2 Å². The number of halogens is 3. The second-order valence-corrected chi connectivity index (χ2v) is 7.10. The largest absolute Gasteiger partial charge is 0.477 e. The van der Waals surface area contributed by atoms with Crippen LogP contribution in [0.1, 0.15) is 10.4 Å². The van der Waals surface area contributed by atoms with Crippen molar-refractivity contribution in [3.8, 4) is 11.1 Å². The molecule has 0 radical (unpaired) electrons. The number of pyridine rings is 1. The standard InChI is InChI=1S/C20H17F3N4O3/c1-25-4-6-26(7-5-25)18-16(23)10-27-17(24-18)13(9-14(19(27)28)20(29)30)12-3-2-11(21)8-15(12)22/h2-3,8-10H,4-7H2,1H3,(H,29,30). The van der Waals surface area contributed by atoms with Crippen LogP contribution in [0.25, 0.3) is 16.8 Å². The van der Waals surface area contributed by atoms with Gasteiger partial charge in [0.1, 0.15) is 22.8 Å².